The highest BCUT2D eigenvalue weighted by Crippen LogP contribution is 2.44. The summed E-state index contributed by atoms with van der Waals surface area (Å²) in [6.45, 7) is 1.95. The number of amides is 2. The first-order chi connectivity index (χ1) is 15.3. The summed E-state index contributed by atoms with van der Waals surface area (Å²) in [6, 6.07) is 7.35. The number of aryl methyl sites for hydroxylation is 1. The molecular weight excluding hydrogens is 434 g/mol. The number of aliphatic imine (C=N–C) groups is 1. The van der Waals surface area contributed by atoms with Crippen LogP contribution in [0.25, 0.3) is 0 Å². The molecule has 1 aliphatic heterocycles. The topological polar surface area (TPSA) is 157 Å². The van der Waals surface area contributed by atoms with Crippen molar-refractivity contribution in [1.82, 2.24) is 15.3 Å². The molecule has 4 rings (SSSR count). The number of carbonyl (C=O) groups excluding carboxylic acids is 2. The van der Waals surface area contributed by atoms with Gasteiger partial charge in [0.2, 0.25) is 17.7 Å². The number of carbonyl (C=O) groups is 2. The van der Waals surface area contributed by atoms with E-state index in [1.54, 1.807) is 12.1 Å². The fourth-order valence-electron chi connectivity index (χ4n) is 4.09. The second-order valence-corrected chi connectivity index (χ2v) is 9.19. The molecule has 2 heterocycles. The summed E-state index contributed by atoms with van der Waals surface area (Å²) in [7, 11) is 0. The summed E-state index contributed by atoms with van der Waals surface area (Å²) < 4.78 is 0. The number of aromatic nitrogens is 2. The minimum Gasteiger partial charge on any atom is -0.494 e. The smallest absolute Gasteiger partial charge is 0.328 e. The van der Waals surface area contributed by atoms with Crippen molar-refractivity contribution in [3.8, 4) is 5.88 Å². The van der Waals surface area contributed by atoms with Gasteiger partial charge in [0.05, 0.1) is 5.54 Å². The normalized spacial score (nSPS) is 21.0. The summed E-state index contributed by atoms with van der Waals surface area (Å²) in [6.07, 6.45) is 2.47. The molecule has 0 bridgehead atoms. The number of aromatic hydroxyl groups is 1. The molecule has 2 fully saturated rings. The molecule has 1 unspecified atom stereocenters. The number of nitrogens with one attached hydrogen (secondary N) is 4. The molecule has 1 aromatic carbocycles. The standard InChI is InChI=1S/C21H23N5O5S/c1-11-4-6-12(7-5-11)22-14(27)10-13-16(28)25-20(32-13)26-21(8-2-3-9-21)15-17(29)23-19(31)24-18(15)30/h4-7,13H,2-3,8-10H2,1H3,(H,22,27)(H,25,26,28)(H3,23,24,29,30,31). The van der Waals surface area contributed by atoms with E-state index in [4.69, 9.17) is 0 Å². The molecule has 2 aliphatic rings. The molecular formula is C21H23N5O5S. The Bertz CT molecular complexity index is 1190. The molecule has 1 saturated carbocycles. The number of aromatic amines is 2. The van der Waals surface area contributed by atoms with Gasteiger partial charge in [0, 0.05) is 12.1 Å². The van der Waals surface area contributed by atoms with Crippen molar-refractivity contribution in [3.05, 3.63) is 56.2 Å². The molecule has 10 nitrogen and oxygen atoms in total. The van der Waals surface area contributed by atoms with Crippen LogP contribution in [0.3, 0.4) is 0 Å². The van der Waals surface area contributed by atoms with Gasteiger partial charge in [-0.3, -0.25) is 29.3 Å². The number of nitrogens with zero attached hydrogens (tertiary/aromatic N) is 1. The van der Waals surface area contributed by atoms with Gasteiger partial charge in [-0.05, 0) is 31.9 Å². The first-order valence-electron chi connectivity index (χ1n) is 10.3. The number of rotatable bonds is 5. The lowest BCUT2D eigenvalue weighted by Crippen LogP contribution is -2.35. The number of benzene rings is 1. The summed E-state index contributed by atoms with van der Waals surface area (Å²) in [5.41, 5.74) is -0.867. The molecule has 1 aromatic heterocycles. The predicted molar refractivity (Wildman–Crippen MR) is 121 cm³/mol. The zero-order valence-corrected chi connectivity index (χ0v) is 18.2. The lowest BCUT2D eigenvalue weighted by atomic mass is 9.90. The maximum absolute atomic E-state index is 12.5. The van der Waals surface area contributed by atoms with Crippen LogP contribution in [0.4, 0.5) is 5.69 Å². The van der Waals surface area contributed by atoms with Crippen LogP contribution in [0.2, 0.25) is 0 Å². The monoisotopic (exact) mass is 457 g/mol. The van der Waals surface area contributed by atoms with Crippen molar-refractivity contribution >= 4 is 34.4 Å². The number of thioether (sulfide) groups is 1. The minimum absolute atomic E-state index is 0.0162. The molecule has 2 aromatic rings. The third-order valence-corrected chi connectivity index (χ3v) is 6.70. The zero-order valence-electron chi connectivity index (χ0n) is 17.4. The fourth-order valence-corrected chi connectivity index (χ4v) is 5.14. The molecule has 2 amide bonds. The Balaban J connectivity index is 1.52. The number of H-pyrrole nitrogens is 2. The molecule has 1 atom stereocenters. The van der Waals surface area contributed by atoms with E-state index in [-0.39, 0.29) is 29.0 Å². The third-order valence-electron chi connectivity index (χ3n) is 5.62. The van der Waals surface area contributed by atoms with Gasteiger partial charge in [-0.15, -0.1) is 0 Å². The Labute approximate surface area is 186 Å². The summed E-state index contributed by atoms with van der Waals surface area (Å²) >= 11 is 1.12. The van der Waals surface area contributed by atoms with E-state index in [9.17, 15) is 24.3 Å². The molecule has 1 saturated heterocycles. The molecule has 5 N–H and O–H groups in total. The lowest BCUT2D eigenvalue weighted by molar-refractivity contribution is -0.122. The first-order valence-corrected chi connectivity index (χ1v) is 11.1. The Morgan fingerprint density at radius 2 is 1.88 bits per heavy atom. The van der Waals surface area contributed by atoms with E-state index in [2.05, 4.69) is 25.6 Å². The van der Waals surface area contributed by atoms with Crippen molar-refractivity contribution in [2.24, 2.45) is 4.99 Å². The van der Waals surface area contributed by atoms with Gasteiger partial charge in [0.1, 0.15) is 10.8 Å². The van der Waals surface area contributed by atoms with E-state index in [1.165, 1.54) is 0 Å². The minimum atomic E-state index is -1.06. The average Bonchev–Trinajstić information content (AvgIpc) is 3.30. The molecule has 32 heavy (non-hydrogen) atoms. The maximum atomic E-state index is 12.5. The fraction of sp³-hybridized carbons (Fsp3) is 0.381. The van der Waals surface area contributed by atoms with Crippen LogP contribution >= 0.6 is 11.8 Å². The highest BCUT2D eigenvalue weighted by atomic mass is 32.2. The second kappa shape index (κ2) is 8.65. The number of amidine groups is 1. The highest BCUT2D eigenvalue weighted by molar-refractivity contribution is 8.15. The van der Waals surface area contributed by atoms with Crippen LogP contribution < -0.4 is 21.9 Å². The van der Waals surface area contributed by atoms with Crippen LogP contribution in [0.15, 0.2) is 38.8 Å². The van der Waals surface area contributed by atoms with Crippen molar-refractivity contribution in [1.29, 1.82) is 0 Å². The average molecular weight is 458 g/mol. The molecule has 11 heteroatoms. The Morgan fingerprint density at radius 1 is 1.19 bits per heavy atom. The summed E-state index contributed by atoms with van der Waals surface area (Å²) in [5.74, 6) is -1.16. The summed E-state index contributed by atoms with van der Waals surface area (Å²) in [5, 5.41) is 15.3. The Hall–Kier alpha value is -3.34. The highest BCUT2D eigenvalue weighted by Gasteiger charge is 2.43. The van der Waals surface area contributed by atoms with Gasteiger partial charge in [-0.25, -0.2) is 4.79 Å². The van der Waals surface area contributed by atoms with Crippen LogP contribution in [0.5, 0.6) is 5.88 Å². The van der Waals surface area contributed by atoms with E-state index >= 15 is 0 Å². The third kappa shape index (κ3) is 4.47. The van der Waals surface area contributed by atoms with E-state index in [0.29, 0.717) is 18.5 Å². The molecule has 0 spiro atoms. The first kappa shape index (κ1) is 21.9. The maximum Gasteiger partial charge on any atom is 0.328 e. The molecule has 1 aliphatic carbocycles. The van der Waals surface area contributed by atoms with Crippen LogP contribution in [-0.2, 0) is 15.1 Å². The Kier molecular flexibility index (Phi) is 5.92. The van der Waals surface area contributed by atoms with Crippen LogP contribution in [-0.4, -0.2) is 37.3 Å². The van der Waals surface area contributed by atoms with Gasteiger partial charge in [0.15, 0.2) is 5.17 Å². The quantitative estimate of drug-likeness (QED) is 0.458. The molecule has 0 radical (unpaired) electrons. The number of anilines is 1. The van der Waals surface area contributed by atoms with Gasteiger partial charge >= 0.3 is 5.69 Å². The van der Waals surface area contributed by atoms with E-state index in [0.717, 1.165) is 30.2 Å². The van der Waals surface area contributed by atoms with Gasteiger partial charge in [0.25, 0.3) is 5.56 Å². The SMILES string of the molecule is Cc1ccc(NC(=O)CC2SC(=NC3(c4c(O)[nH]c(=O)[nH]c4=O)CCCC3)NC2=O)cc1. The van der Waals surface area contributed by atoms with Gasteiger partial charge in [-0.1, -0.05) is 42.3 Å². The van der Waals surface area contributed by atoms with Crippen molar-refractivity contribution in [3.63, 3.8) is 0 Å². The largest absolute Gasteiger partial charge is 0.494 e. The van der Waals surface area contributed by atoms with Crippen molar-refractivity contribution < 1.29 is 14.7 Å². The van der Waals surface area contributed by atoms with E-state index in [1.807, 2.05) is 19.1 Å². The zero-order chi connectivity index (χ0) is 22.9. The number of hydrogen-bond acceptors (Lipinski definition) is 7. The number of hydrogen-bond donors (Lipinski definition) is 5. The summed E-state index contributed by atoms with van der Waals surface area (Å²) in [4.78, 5) is 57.7. The van der Waals surface area contributed by atoms with Gasteiger partial charge < -0.3 is 15.7 Å². The van der Waals surface area contributed by atoms with Gasteiger partial charge in [-0.2, -0.15) is 0 Å². The molecule has 168 valence electrons. The van der Waals surface area contributed by atoms with Crippen molar-refractivity contribution in [2.45, 2.75) is 49.8 Å². The Morgan fingerprint density at radius 3 is 2.53 bits per heavy atom. The lowest BCUT2D eigenvalue weighted by Gasteiger charge is -2.24. The van der Waals surface area contributed by atoms with Crippen molar-refractivity contribution in [2.75, 3.05) is 5.32 Å². The van der Waals surface area contributed by atoms with E-state index < -0.39 is 27.9 Å². The van der Waals surface area contributed by atoms with Crippen LogP contribution in [0.1, 0.15) is 43.2 Å². The van der Waals surface area contributed by atoms with Crippen LogP contribution in [0, 0.1) is 6.92 Å². The second-order valence-electron chi connectivity index (χ2n) is 8.00. The predicted octanol–water partition coefficient (Wildman–Crippen LogP) is 1.46.